The van der Waals surface area contributed by atoms with E-state index < -0.39 is 0 Å². The van der Waals surface area contributed by atoms with Crippen molar-refractivity contribution in [1.82, 2.24) is 14.5 Å². The van der Waals surface area contributed by atoms with Crippen LogP contribution >= 0.6 is 0 Å². The number of hydrogen-bond acceptors (Lipinski definition) is 2. The summed E-state index contributed by atoms with van der Waals surface area (Å²) in [5, 5.41) is 2.12. The highest BCUT2D eigenvalue weighted by atomic mass is 15.0. The molecule has 0 fully saturated rings. The molecule has 0 radical (unpaired) electrons. The first-order valence-corrected chi connectivity index (χ1v) is 19.0. The smallest absolute Gasteiger partial charge is 0.188 e. The first-order valence-electron chi connectivity index (χ1n) is 19.0. The van der Waals surface area contributed by atoms with E-state index in [1.807, 2.05) is 54.6 Å². The molecular formula is C53H34N4. The fourth-order valence-corrected chi connectivity index (χ4v) is 7.90. The van der Waals surface area contributed by atoms with Gasteiger partial charge in [0.2, 0.25) is 0 Å². The summed E-state index contributed by atoms with van der Waals surface area (Å²) in [5.41, 5.74) is 14.9. The zero-order valence-corrected chi connectivity index (χ0v) is 30.9. The Morgan fingerprint density at radius 3 is 1.30 bits per heavy atom. The Morgan fingerprint density at radius 1 is 0.368 bits per heavy atom. The number of rotatable bonds is 7. The Hall–Kier alpha value is -7.87. The van der Waals surface area contributed by atoms with Gasteiger partial charge in [0.1, 0.15) is 0 Å². The van der Waals surface area contributed by atoms with Gasteiger partial charge in [-0.1, -0.05) is 164 Å². The average Bonchev–Trinajstić information content (AvgIpc) is 3.62. The summed E-state index contributed by atoms with van der Waals surface area (Å²) in [6.45, 7) is 7.92. The van der Waals surface area contributed by atoms with Crippen LogP contribution < -0.4 is 0 Å². The van der Waals surface area contributed by atoms with Crippen molar-refractivity contribution in [1.29, 1.82) is 0 Å². The minimum atomic E-state index is 0.609. The second-order valence-electron chi connectivity index (χ2n) is 14.1. The molecule has 0 aliphatic rings. The van der Waals surface area contributed by atoms with Gasteiger partial charge in [-0.15, -0.1) is 0 Å². The molecule has 0 atom stereocenters. The molecule has 0 N–H and O–H groups in total. The van der Waals surface area contributed by atoms with Crippen LogP contribution in [0.25, 0.3) is 99.6 Å². The summed E-state index contributed by atoms with van der Waals surface area (Å²) in [5.74, 6) is 0.646. The second kappa shape index (κ2) is 14.4. The molecule has 0 amide bonds. The summed E-state index contributed by atoms with van der Waals surface area (Å²) >= 11 is 0. The lowest BCUT2D eigenvalue weighted by molar-refractivity contribution is 1.17. The highest BCUT2D eigenvalue weighted by molar-refractivity contribution is 6.13. The maximum absolute atomic E-state index is 7.92. The standard InChI is InChI=1S/C53H34N4/c1-54-43-28-30-51-47(34-43)46-31-41(36-17-7-2-8-18-36)27-29-50(46)57(51)52-44(37-19-9-3-10-20-37)32-42(33-45(52)38-21-11-4-12-22-38)53-55-48(39-23-13-5-14-24-39)35-49(56-53)40-25-15-6-16-26-40/h2-35H. The minimum Gasteiger partial charge on any atom is -0.308 e. The highest BCUT2D eigenvalue weighted by Crippen LogP contribution is 2.45. The van der Waals surface area contributed by atoms with E-state index in [9.17, 15) is 0 Å². The number of benzene rings is 8. The zero-order valence-electron chi connectivity index (χ0n) is 30.9. The topological polar surface area (TPSA) is 35.1 Å². The quantitative estimate of drug-likeness (QED) is 0.153. The van der Waals surface area contributed by atoms with Crippen LogP contribution in [0, 0.1) is 6.57 Å². The predicted molar refractivity (Wildman–Crippen MR) is 235 cm³/mol. The normalized spacial score (nSPS) is 11.1. The summed E-state index contributed by atoms with van der Waals surface area (Å²) in [6.07, 6.45) is 0. The van der Waals surface area contributed by atoms with Crippen molar-refractivity contribution >= 4 is 27.5 Å². The van der Waals surface area contributed by atoms with E-state index in [0.717, 1.165) is 89.0 Å². The fraction of sp³-hybridized carbons (Fsp3) is 0. The van der Waals surface area contributed by atoms with Gasteiger partial charge in [0, 0.05) is 33.2 Å². The first-order chi connectivity index (χ1) is 28.2. The molecule has 0 saturated carbocycles. The number of aromatic nitrogens is 3. The molecule has 8 aromatic carbocycles. The molecule has 266 valence electrons. The van der Waals surface area contributed by atoms with Gasteiger partial charge in [-0.2, -0.15) is 0 Å². The Kier molecular flexibility index (Phi) is 8.52. The lowest BCUT2D eigenvalue weighted by atomic mass is 9.92. The first kappa shape index (κ1) is 33.7. The largest absolute Gasteiger partial charge is 0.308 e. The van der Waals surface area contributed by atoms with Crippen LogP contribution in [-0.2, 0) is 0 Å². The monoisotopic (exact) mass is 726 g/mol. The van der Waals surface area contributed by atoms with Crippen molar-refractivity contribution in [3.05, 3.63) is 218 Å². The van der Waals surface area contributed by atoms with E-state index >= 15 is 0 Å². The van der Waals surface area contributed by atoms with Crippen LogP contribution in [0.4, 0.5) is 5.69 Å². The molecule has 0 saturated heterocycles. The van der Waals surface area contributed by atoms with Crippen molar-refractivity contribution in [3.63, 3.8) is 0 Å². The zero-order chi connectivity index (χ0) is 38.1. The summed E-state index contributed by atoms with van der Waals surface area (Å²) in [4.78, 5) is 14.4. The molecule has 0 aliphatic carbocycles. The summed E-state index contributed by atoms with van der Waals surface area (Å²) in [7, 11) is 0. The van der Waals surface area contributed by atoms with Crippen LogP contribution in [0.5, 0.6) is 0 Å². The van der Waals surface area contributed by atoms with Gasteiger partial charge < -0.3 is 4.57 Å². The van der Waals surface area contributed by atoms with Crippen molar-refractivity contribution in [2.24, 2.45) is 0 Å². The molecule has 10 aromatic rings. The molecule has 0 spiro atoms. The number of hydrogen-bond donors (Lipinski definition) is 0. The molecule has 0 aliphatic heterocycles. The van der Waals surface area contributed by atoms with Crippen molar-refractivity contribution in [2.75, 3.05) is 0 Å². The van der Waals surface area contributed by atoms with Crippen LogP contribution in [0.3, 0.4) is 0 Å². The Bertz CT molecular complexity index is 2980. The summed E-state index contributed by atoms with van der Waals surface area (Å²) < 4.78 is 2.39. The predicted octanol–water partition coefficient (Wildman–Crippen LogP) is 14.1. The van der Waals surface area contributed by atoms with Gasteiger partial charge in [0.05, 0.1) is 34.7 Å². The van der Waals surface area contributed by atoms with E-state index in [4.69, 9.17) is 16.5 Å². The molecule has 10 rings (SSSR count). The van der Waals surface area contributed by atoms with Crippen molar-refractivity contribution in [3.8, 4) is 73.0 Å². The molecule has 2 heterocycles. The minimum absolute atomic E-state index is 0.609. The Labute approximate surface area is 331 Å². The maximum Gasteiger partial charge on any atom is 0.188 e. The number of fused-ring (bicyclic) bond motifs is 3. The van der Waals surface area contributed by atoms with E-state index in [-0.39, 0.29) is 0 Å². The lowest BCUT2D eigenvalue weighted by Crippen LogP contribution is -2.03. The lowest BCUT2D eigenvalue weighted by Gasteiger charge is -2.21. The van der Waals surface area contributed by atoms with Gasteiger partial charge >= 0.3 is 0 Å². The molecular weight excluding hydrogens is 693 g/mol. The highest BCUT2D eigenvalue weighted by Gasteiger charge is 2.23. The molecule has 4 nitrogen and oxygen atoms in total. The molecule has 0 bridgehead atoms. The third kappa shape index (κ3) is 6.24. The van der Waals surface area contributed by atoms with Gasteiger partial charge in [-0.05, 0) is 70.1 Å². The van der Waals surface area contributed by atoms with Gasteiger partial charge in [-0.25, -0.2) is 14.8 Å². The van der Waals surface area contributed by atoms with Crippen molar-refractivity contribution in [2.45, 2.75) is 0 Å². The second-order valence-corrected chi connectivity index (χ2v) is 14.1. The maximum atomic E-state index is 7.92. The van der Waals surface area contributed by atoms with E-state index in [2.05, 4.69) is 161 Å². The van der Waals surface area contributed by atoms with E-state index in [0.29, 0.717) is 11.5 Å². The molecule has 4 heteroatoms. The van der Waals surface area contributed by atoms with Crippen LogP contribution in [0.1, 0.15) is 0 Å². The Morgan fingerprint density at radius 2 is 0.807 bits per heavy atom. The summed E-state index contributed by atoms with van der Waals surface area (Å²) in [6, 6.07) is 71.6. The fourth-order valence-electron chi connectivity index (χ4n) is 7.90. The molecule has 57 heavy (non-hydrogen) atoms. The van der Waals surface area contributed by atoms with Gasteiger partial charge in [0.15, 0.2) is 11.5 Å². The SMILES string of the molecule is [C-]#[N+]c1ccc2c(c1)c1cc(-c3ccccc3)ccc1n2-c1c(-c2ccccc2)cc(-c2nc(-c3ccccc3)cc(-c3ccccc3)n2)cc1-c1ccccc1. The third-order valence-corrected chi connectivity index (χ3v) is 10.6. The Balaban J connectivity index is 1.31. The van der Waals surface area contributed by atoms with Crippen LogP contribution in [0.2, 0.25) is 0 Å². The molecule has 0 unspecified atom stereocenters. The van der Waals surface area contributed by atoms with E-state index in [1.165, 1.54) is 0 Å². The van der Waals surface area contributed by atoms with Gasteiger partial charge in [0.25, 0.3) is 0 Å². The molecule has 2 aromatic heterocycles. The third-order valence-electron chi connectivity index (χ3n) is 10.6. The van der Waals surface area contributed by atoms with Crippen LogP contribution in [0.15, 0.2) is 206 Å². The van der Waals surface area contributed by atoms with Crippen molar-refractivity contribution < 1.29 is 0 Å². The van der Waals surface area contributed by atoms with E-state index in [1.54, 1.807) is 0 Å². The number of nitrogens with zero attached hydrogens (tertiary/aromatic N) is 4. The average molecular weight is 727 g/mol. The van der Waals surface area contributed by atoms with Crippen LogP contribution in [-0.4, -0.2) is 14.5 Å². The van der Waals surface area contributed by atoms with Gasteiger partial charge in [-0.3, -0.25) is 0 Å².